The van der Waals surface area contributed by atoms with Gasteiger partial charge in [-0.05, 0) is 39.9 Å². The summed E-state index contributed by atoms with van der Waals surface area (Å²) in [6.07, 6.45) is 0. The van der Waals surface area contributed by atoms with Crippen molar-refractivity contribution in [2.75, 3.05) is 0 Å². The second kappa shape index (κ2) is 4.65. The molecule has 3 aromatic rings. The Bertz CT molecular complexity index is 751. The Labute approximate surface area is 129 Å². The van der Waals surface area contributed by atoms with Gasteiger partial charge in [-0.15, -0.1) is 0 Å². The lowest BCUT2D eigenvalue weighted by Crippen LogP contribution is -2.12. The highest BCUT2D eigenvalue weighted by molar-refractivity contribution is 6.38. The van der Waals surface area contributed by atoms with E-state index in [9.17, 15) is 0 Å². The number of hydrogen-bond acceptors (Lipinski definition) is 0. The minimum atomic E-state index is 0.0210. The molecule has 102 valence electrons. The first-order valence-corrected chi connectivity index (χ1v) is 7.45. The highest BCUT2D eigenvalue weighted by atomic mass is 35.5. The number of halogens is 2. The van der Waals surface area contributed by atoms with E-state index in [1.807, 2.05) is 24.3 Å². The molecule has 0 unspecified atom stereocenters. The van der Waals surface area contributed by atoms with E-state index in [4.69, 9.17) is 23.2 Å². The van der Waals surface area contributed by atoms with Crippen molar-refractivity contribution < 1.29 is 0 Å². The maximum absolute atomic E-state index is 6.39. The number of rotatable bonds is 0. The van der Waals surface area contributed by atoms with Crippen LogP contribution in [0.3, 0.4) is 0 Å². The van der Waals surface area contributed by atoms with Gasteiger partial charge in [-0.3, -0.25) is 0 Å². The largest absolute Gasteiger partial charge is 0.0837 e. The van der Waals surface area contributed by atoms with Crippen LogP contribution in [-0.2, 0) is 5.41 Å². The molecule has 0 N–H and O–H groups in total. The molecule has 0 fully saturated rings. The van der Waals surface area contributed by atoms with Crippen molar-refractivity contribution in [3.8, 4) is 0 Å². The average molecular weight is 303 g/mol. The molecule has 0 amide bonds. The molecular weight excluding hydrogens is 287 g/mol. The van der Waals surface area contributed by atoms with Gasteiger partial charge in [0.25, 0.3) is 0 Å². The number of hydrogen-bond donors (Lipinski definition) is 0. The average Bonchev–Trinajstić information content (AvgIpc) is 2.36. The van der Waals surface area contributed by atoms with Gasteiger partial charge in [-0.25, -0.2) is 0 Å². The molecule has 0 aliphatic rings. The molecule has 0 nitrogen and oxygen atoms in total. The maximum atomic E-state index is 6.39. The first kappa shape index (κ1) is 13.7. The van der Waals surface area contributed by atoms with Crippen molar-refractivity contribution in [1.82, 2.24) is 0 Å². The molecule has 0 heterocycles. The van der Waals surface area contributed by atoms with Crippen LogP contribution in [-0.4, -0.2) is 0 Å². The van der Waals surface area contributed by atoms with Crippen LogP contribution in [0.2, 0.25) is 10.0 Å². The number of fused-ring (bicyclic) bond motifs is 2. The standard InChI is InChI=1S/C18H16Cl2/c1-18(2,3)17-11-6-4-8-15(19)13(11)10-14-12(17)7-5-9-16(14)20/h4-10H,1-3H3. The molecule has 0 spiro atoms. The molecule has 0 aliphatic heterocycles. The van der Waals surface area contributed by atoms with Crippen LogP contribution in [0.4, 0.5) is 0 Å². The highest BCUT2D eigenvalue weighted by Crippen LogP contribution is 2.40. The van der Waals surface area contributed by atoms with E-state index in [0.717, 1.165) is 20.8 Å². The molecular formula is C18H16Cl2. The fourth-order valence-electron chi connectivity index (χ4n) is 2.90. The fraction of sp³-hybridized carbons (Fsp3) is 0.222. The Hall–Kier alpha value is -1.24. The summed E-state index contributed by atoms with van der Waals surface area (Å²) in [5.74, 6) is 0. The van der Waals surface area contributed by atoms with Crippen LogP contribution >= 0.6 is 23.2 Å². The van der Waals surface area contributed by atoms with Gasteiger partial charge >= 0.3 is 0 Å². The van der Waals surface area contributed by atoms with Crippen LogP contribution in [0.1, 0.15) is 26.3 Å². The maximum Gasteiger partial charge on any atom is 0.0484 e. The van der Waals surface area contributed by atoms with Crippen LogP contribution < -0.4 is 0 Å². The first-order valence-electron chi connectivity index (χ1n) is 6.69. The lowest BCUT2D eigenvalue weighted by Gasteiger charge is -2.24. The summed E-state index contributed by atoms with van der Waals surface area (Å²) in [7, 11) is 0. The summed E-state index contributed by atoms with van der Waals surface area (Å²) in [5.41, 5.74) is 1.32. The second-order valence-corrected chi connectivity index (χ2v) is 6.99. The number of benzene rings is 3. The van der Waals surface area contributed by atoms with Crippen molar-refractivity contribution in [1.29, 1.82) is 0 Å². The van der Waals surface area contributed by atoms with Crippen molar-refractivity contribution in [3.05, 3.63) is 58.1 Å². The normalized spacial score (nSPS) is 12.2. The summed E-state index contributed by atoms with van der Waals surface area (Å²) < 4.78 is 0. The Morgan fingerprint density at radius 3 is 1.55 bits per heavy atom. The lowest BCUT2D eigenvalue weighted by molar-refractivity contribution is 0.601. The van der Waals surface area contributed by atoms with Gasteiger partial charge in [0.15, 0.2) is 0 Å². The molecule has 0 aromatic heterocycles. The van der Waals surface area contributed by atoms with Crippen LogP contribution in [0, 0.1) is 0 Å². The molecule has 0 radical (unpaired) electrons. The highest BCUT2D eigenvalue weighted by Gasteiger charge is 2.21. The topological polar surface area (TPSA) is 0 Å². The Balaban J connectivity index is 2.64. The molecule has 0 bridgehead atoms. The van der Waals surface area contributed by atoms with E-state index in [1.54, 1.807) is 0 Å². The Morgan fingerprint density at radius 2 is 1.15 bits per heavy atom. The van der Waals surface area contributed by atoms with Gasteiger partial charge in [-0.2, -0.15) is 0 Å². The van der Waals surface area contributed by atoms with E-state index < -0.39 is 0 Å². The van der Waals surface area contributed by atoms with Gasteiger partial charge < -0.3 is 0 Å². The molecule has 0 atom stereocenters. The predicted octanol–water partition coefficient (Wildman–Crippen LogP) is 6.60. The van der Waals surface area contributed by atoms with Gasteiger partial charge in [0, 0.05) is 20.8 Å². The van der Waals surface area contributed by atoms with E-state index in [1.165, 1.54) is 16.3 Å². The molecule has 0 saturated carbocycles. The van der Waals surface area contributed by atoms with E-state index in [0.29, 0.717) is 0 Å². The van der Waals surface area contributed by atoms with E-state index in [-0.39, 0.29) is 5.41 Å². The molecule has 0 saturated heterocycles. The fourth-order valence-corrected chi connectivity index (χ4v) is 3.36. The summed E-state index contributed by atoms with van der Waals surface area (Å²) in [6, 6.07) is 14.3. The monoisotopic (exact) mass is 302 g/mol. The zero-order chi connectivity index (χ0) is 14.5. The smallest absolute Gasteiger partial charge is 0.0484 e. The van der Waals surface area contributed by atoms with E-state index >= 15 is 0 Å². The quantitative estimate of drug-likeness (QED) is 0.410. The van der Waals surface area contributed by atoms with Gasteiger partial charge in [0.1, 0.15) is 0 Å². The van der Waals surface area contributed by atoms with Gasteiger partial charge in [0.2, 0.25) is 0 Å². The summed E-state index contributed by atoms with van der Waals surface area (Å²) in [5, 5.41) is 6.10. The minimum absolute atomic E-state index is 0.0210. The van der Waals surface area contributed by atoms with Crippen molar-refractivity contribution in [2.24, 2.45) is 0 Å². The molecule has 0 aliphatic carbocycles. The van der Waals surface area contributed by atoms with Gasteiger partial charge in [0.05, 0.1) is 0 Å². The third-order valence-electron chi connectivity index (χ3n) is 3.68. The summed E-state index contributed by atoms with van der Waals surface area (Å²) in [6.45, 7) is 6.68. The van der Waals surface area contributed by atoms with Crippen LogP contribution in [0.5, 0.6) is 0 Å². The molecule has 3 aromatic carbocycles. The summed E-state index contributed by atoms with van der Waals surface area (Å²) >= 11 is 12.8. The Kier molecular flexibility index (Phi) is 3.19. The molecule has 2 heteroatoms. The van der Waals surface area contributed by atoms with E-state index in [2.05, 4.69) is 39.0 Å². The zero-order valence-electron chi connectivity index (χ0n) is 11.8. The van der Waals surface area contributed by atoms with Gasteiger partial charge in [-0.1, -0.05) is 68.2 Å². The van der Waals surface area contributed by atoms with Crippen LogP contribution in [0.25, 0.3) is 21.5 Å². The first-order chi connectivity index (χ1) is 9.39. The summed E-state index contributed by atoms with van der Waals surface area (Å²) in [4.78, 5) is 0. The van der Waals surface area contributed by atoms with Crippen molar-refractivity contribution >= 4 is 44.7 Å². The van der Waals surface area contributed by atoms with Crippen molar-refractivity contribution in [3.63, 3.8) is 0 Å². The SMILES string of the molecule is CC(C)(C)c1c2cccc(Cl)c2cc2c(Cl)cccc12. The zero-order valence-corrected chi connectivity index (χ0v) is 13.3. The van der Waals surface area contributed by atoms with Crippen LogP contribution in [0.15, 0.2) is 42.5 Å². The molecule has 3 rings (SSSR count). The lowest BCUT2D eigenvalue weighted by atomic mass is 9.80. The van der Waals surface area contributed by atoms with Crippen molar-refractivity contribution in [2.45, 2.75) is 26.2 Å². The minimum Gasteiger partial charge on any atom is -0.0837 e. The Morgan fingerprint density at radius 1 is 0.700 bits per heavy atom. The second-order valence-electron chi connectivity index (χ2n) is 6.17. The third-order valence-corrected chi connectivity index (χ3v) is 4.34. The third kappa shape index (κ3) is 2.08. The molecule has 20 heavy (non-hydrogen) atoms. The predicted molar refractivity (Wildman–Crippen MR) is 90.2 cm³/mol.